The molecule has 8 heteroatoms. The summed E-state index contributed by atoms with van der Waals surface area (Å²) in [4.78, 5) is 21.6. The number of benzene rings is 2. The summed E-state index contributed by atoms with van der Waals surface area (Å²) in [7, 11) is 0. The number of imidazole rings is 1. The van der Waals surface area contributed by atoms with Crippen molar-refractivity contribution in [2.24, 2.45) is 0 Å². The number of H-pyrrole nitrogens is 1. The highest BCUT2D eigenvalue weighted by Gasteiger charge is 2.11. The van der Waals surface area contributed by atoms with Gasteiger partial charge in [-0.05, 0) is 43.3 Å². The average molecular weight is 361 g/mol. The third-order valence-electron chi connectivity index (χ3n) is 4.15. The molecule has 0 fully saturated rings. The van der Waals surface area contributed by atoms with Crippen LogP contribution in [0.25, 0.3) is 22.4 Å². The van der Waals surface area contributed by atoms with E-state index in [1.54, 1.807) is 16.9 Å². The molecule has 0 atom stereocenters. The zero-order chi connectivity index (χ0) is 18.8. The van der Waals surface area contributed by atoms with Crippen molar-refractivity contribution in [1.29, 1.82) is 0 Å². The number of aromatic amines is 1. The fourth-order valence-electron chi connectivity index (χ4n) is 2.69. The zero-order valence-corrected chi connectivity index (χ0v) is 15.0. The normalized spacial score (nSPS) is 11.2. The summed E-state index contributed by atoms with van der Waals surface area (Å²) in [5, 5.41) is 15.3. The number of para-hydroxylation sites is 2. The first kappa shape index (κ1) is 16.9. The molecule has 2 N–H and O–H groups in total. The van der Waals surface area contributed by atoms with Gasteiger partial charge in [-0.25, -0.2) is 4.98 Å². The molecule has 0 saturated heterocycles. The molecule has 0 bridgehead atoms. The van der Waals surface area contributed by atoms with E-state index in [1.807, 2.05) is 50.2 Å². The molecule has 1 amide bonds. The Balaban J connectivity index is 1.42. The summed E-state index contributed by atoms with van der Waals surface area (Å²) in [5.74, 6) is 1.09. The Labute approximate surface area is 155 Å². The van der Waals surface area contributed by atoms with E-state index in [2.05, 4.69) is 30.7 Å². The Kier molecular flexibility index (Phi) is 4.37. The number of hydrogen-bond donors (Lipinski definition) is 2. The summed E-state index contributed by atoms with van der Waals surface area (Å²) in [6.07, 6.45) is 0. The van der Waals surface area contributed by atoms with E-state index in [0.717, 1.165) is 22.4 Å². The molecule has 0 spiro atoms. The second kappa shape index (κ2) is 6.99. The Bertz CT molecular complexity index is 1050. The maximum atomic E-state index is 12.4. The van der Waals surface area contributed by atoms with Crippen LogP contribution in [0.1, 0.15) is 36.1 Å². The molecule has 2 heterocycles. The number of carbonyl (C=O) groups is 1. The molecule has 4 aromatic rings. The Morgan fingerprint density at radius 1 is 1.15 bits per heavy atom. The lowest BCUT2D eigenvalue weighted by Crippen LogP contribution is -2.23. The van der Waals surface area contributed by atoms with E-state index >= 15 is 0 Å². The number of fused-ring (bicyclic) bond motifs is 1. The van der Waals surface area contributed by atoms with Gasteiger partial charge >= 0.3 is 0 Å². The van der Waals surface area contributed by atoms with Gasteiger partial charge in [0.25, 0.3) is 5.91 Å². The van der Waals surface area contributed by atoms with Crippen LogP contribution in [0.3, 0.4) is 0 Å². The molecule has 0 aliphatic rings. The molecule has 2 aromatic heterocycles. The number of nitrogens with zero attached hydrogens (tertiary/aromatic N) is 5. The molecule has 0 aliphatic carbocycles. The topological polar surface area (TPSA) is 101 Å². The molecule has 8 nitrogen and oxygen atoms in total. The van der Waals surface area contributed by atoms with Crippen molar-refractivity contribution < 1.29 is 4.79 Å². The second-order valence-electron chi connectivity index (χ2n) is 6.49. The van der Waals surface area contributed by atoms with Gasteiger partial charge in [0.2, 0.25) is 5.82 Å². The lowest BCUT2D eigenvalue weighted by atomic mass is 10.1. The van der Waals surface area contributed by atoms with Gasteiger partial charge in [0.1, 0.15) is 5.82 Å². The van der Waals surface area contributed by atoms with Crippen LogP contribution in [0.2, 0.25) is 0 Å². The van der Waals surface area contributed by atoms with Gasteiger partial charge in [-0.2, -0.15) is 4.80 Å². The smallest absolute Gasteiger partial charge is 0.251 e. The molecule has 27 heavy (non-hydrogen) atoms. The number of hydrogen-bond acceptors (Lipinski definition) is 5. The maximum absolute atomic E-state index is 12.4. The van der Waals surface area contributed by atoms with Crippen LogP contribution >= 0.6 is 0 Å². The van der Waals surface area contributed by atoms with Crippen molar-refractivity contribution in [2.45, 2.75) is 26.4 Å². The lowest BCUT2D eigenvalue weighted by molar-refractivity contribution is 0.0950. The Morgan fingerprint density at radius 2 is 1.93 bits per heavy atom. The van der Waals surface area contributed by atoms with E-state index in [1.165, 1.54) is 0 Å². The molecular weight excluding hydrogens is 342 g/mol. The van der Waals surface area contributed by atoms with Gasteiger partial charge in [-0.1, -0.05) is 24.3 Å². The van der Waals surface area contributed by atoms with Gasteiger partial charge in [-0.15, -0.1) is 10.2 Å². The molecule has 0 unspecified atom stereocenters. The molecule has 136 valence electrons. The van der Waals surface area contributed by atoms with Gasteiger partial charge in [-0.3, -0.25) is 4.79 Å². The Morgan fingerprint density at radius 3 is 2.63 bits per heavy atom. The van der Waals surface area contributed by atoms with Crippen LogP contribution in [0.5, 0.6) is 0 Å². The molecule has 2 aromatic carbocycles. The van der Waals surface area contributed by atoms with Crippen molar-refractivity contribution >= 4 is 16.9 Å². The number of aromatic nitrogens is 6. The zero-order valence-electron chi connectivity index (χ0n) is 15.0. The van der Waals surface area contributed by atoms with E-state index in [0.29, 0.717) is 17.9 Å². The summed E-state index contributed by atoms with van der Waals surface area (Å²) in [6, 6.07) is 15.0. The molecular formula is C19H19N7O. The maximum Gasteiger partial charge on any atom is 0.251 e. The minimum absolute atomic E-state index is 0.148. The number of nitrogens with one attached hydrogen (secondary N) is 2. The number of carbonyl (C=O) groups excluding carboxylic acids is 1. The van der Waals surface area contributed by atoms with E-state index in [4.69, 9.17) is 0 Å². The summed E-state index contributed by atoms with van der Waals surface area (Å²) < 4.78 is 0. The Hall–Kier alpha value is -3.55. The van der Waals surface area contributed by atoms with Gasteiger partial charge in [0, 0.05) is 11.1 Å². The van der Waals surface area contributed by atoms with Gasteiger partial charge in [0.15, 0.2) is 0 Å². The largest absolute Gasteiger partial charge is 0.345 e. The fraction of sp³-hybridized carbons (Fsp3) is 0.211. The first-order valence-electron chi connectivity index (χ1n) is 8.72. The van der Waals surface area contributed by atoms with E-state index in [-0.39, 0.29) is 11.9 Å². The number of tetrazole rings is 1. The first-order valence-corrected chi connectivity index (χ1v) is 8.72. The van der Waals surface area contributed by atoms with Crippen molar-refractivity contribution in [2.75, 3.05) is 0 Å². The highest BCUT2D eigenvalue weighted by atomic mass is 16.1. The molecule has 0 saturated carbocycles. The van der Waals surface area contributed by atoms with Gasteiger partial charge < -0.3 is 10.3 Å². The molecule has 0 aliphatic heterocycles. The quantitative estimate of drug-likeness (QED) is 0.569. The van der Waals surface area contributed by atoms with Crippen LogP contribution in [0, 0.1) is 0 Å². The highest BCUT2D eigenvalue weighted by molar-refractivity contribution is 5.94. The second-order valence-corrected chi connectivity index (χ2v) is 6.49. The summed E-state index contributed by atoms with van der Waals surface area (Å²) in [6.45, 7) is 4.31. The fourth-order valence-corrected chi connectivity index (χ4v) is 2.69. The van der Waals surface area contributed by atoms with Crippen LogP contribution in [0.15, 0.2) is 48.5 Å². The number of rotatable bonds is 5. The van der Waals surface area contributed by atoms with Gasteiger partial charge in [0.05, 0.1) is 23.6 Å². The van der Waals surface area contributed by atoms with E-state index < -0.39 is 0 Å². The third kappa shape index (κ3) is 3.55. The summed E-state index contributed by atoms with van der Waals surface area (Å²) >= 11 is 0. The van der Waals surface area contributed by atoms with Crippen molar-refractivity contribution in [3.05, 3.63) is 59.9 Å². The van der Waals surface area contributed by atoms with Crippen LogP contribution in [-0.4, -0.2) is 36.1 Å². The molecule has 0 radical (unpaired) electrons. The van der Waals surface area contributed by atoms with Crippen LogP contribution < -0.4 is 5.32 Å². The van der Waals surface area contributed by atoms with Crippen LogP contribution in [-0.2, 0) is 6.54 Å². The predicted molar refractivity (Wildman–Crippen MR) is 101 cm³/mol. The highest BCUT2D eigenvalue weighted by Crippen LogP contribution is 2.16. The van der Waals surface area contributed by atoms with Crippen molar-refractivity contribution in [3.63, 3.8) is 0 Å². The van der Waals surface area contributed by atoms with Crippen molar-refractivity contribution in [3.8, 4) is 11.4 Å². The van der Waals surface area contributed by atoms with Crippen molar-refractivity contribution in [1.82, 2.24) is 35.5 Å². The minimum Gasteiger partial charge on any atom is -0.345 e. The third-order valence-corrected chi connectivity index (χ3v) is 4.15. The lowest BCUT2D eigenvalue weighted by Gasteiger charge is -2.04. The standard InChI is InChI=1S/C19H19N7O/c1-12(2)26-24-18(23-25-26)13-7-9-14(10-8-13)19(27)20-11-17-21-15-5-3-4-6-16(15)22-17/h3-10,12H,11H2,1-2H3,(H,20,27)(H,21,22). The minimum atomic E-state index is -0.166. The number of amides is 1. The SMILES string of the molecule is CC(C)n1nnc(-c2ccc(C(=O)NCc3nc4ccccc4[nH]3)cc2)n1. The average Bonchev–Trinajstić information content (AvgIpc) is 3.33. The summed E-state index contributed by atoms with van der Waals surface area (Å²) in [5.41, 5.74) is 3.21. The van der Waals surface area contributed by atoms with E-state index in [9.17, 15) is 4.79 Å². The monoisotopic (exact) mass is 361 g/mol. The van der Waals surface area contributed by atoms with Crippen LogP contribution in [0.4, 0.5) is 0 Å². The predicted octanol–water partition coefficient (Wildman–Crippen LogP) is 2.73. The molecule has 4 rings (SSSR count). The first-order chi connectivity index (χ1) is 13.1.